The molecule has 1 saturated carbocycles. The van der Waals surface area contributed by atoms with Gasteiger partial charge in [-0.15, -0.1) is 0 Å². The van der Waals surface area contributed by atoms with Gasteiger partial charge in [0.2, 0.25) is 0 Å². The molecular weight excluding hydrogens is 282 g/mol. The van der Waals surface area contributed by atoms with E-state index in [4.69, 9.17) is 5.73 Å². The minimum Gasteiger partial charge on any atom is -0.354 e. The average molecular weight is 299 g/mol. The third-order valence-corrected chi connectivity index (χ3v) is 4.86. The molecule has 2 heterocycles. The van der Waals surface area contributed by atoms with Crippen LogP contribution >= 0.6 is 0 Å². The number of hydrogen-bond donors (Lipinski definition) is 2. The molecule has 0 unspecified atom stereocenters. The minimum atomic E-state index is 0.324. The fraction of sp³-hybridized carbons (Fsp3) is 0.150. The molecule has 1 aliphatic carbocycles. The summed E-state index contributed by atoms with van der Waals surface area (Å²) in [4.78, 5) is 8.13. The van der Waals surface area contributed by atoms with Gasteiger partial charge in [-0.1, -0.05) is 36.4 Å². The molecule has 2 atom stereocenters. The maximum absolute atomic E-state index is 5.91. The number of rotatable bonds is 2. The van der Waals surface area contributed by atoms with Crippen LogP contribution in [0, 0.1) is 0 Å². The molecule has 2 aromatic heterocycles. The van der Waals surface area contributed by atoms with Gasteiger partial charge in [-0.25, -0.2) is 0 Å². The molecule has 0 aliphatic heterocycles. The van der Waals surface area contributed by atoms with Crippen molar-refractivity contribution in [2.75, 3.05) is 0 Å². The van der Waals surface area contributed by atoms with E-state index in [2.05, 4.69) is 64.6 Å². The van der Waals surface area contributed by atoms with E-state index in [1.165, 1.54) is 21.9 Å². The number of fused-ring (bicyclic) bond motifs is 3. The molecule has 1 aliphatic rings. The predicted molar refractivity (Wildman–Crippen MR) is 94.4 cm³/mol. The lowest BCUT2D eigenvalue weighted by molar-refractivity contribution is 0.981. The number of nitrogens with zero attached hydrogens (tertiary/aromatic N) is 1. The van der Waals surface area contributed by atoms with Crippen molar-refractivity contribution in [1.29, 1.82) is 0 Å². The van der Waals surface area contributed by atoms with E-state index in [0.29, 0.717) is 12.0 Å². The van der Waals surface area contributed by atoms with Gasteiger partial charge in [0, 0.05) is 45.5 Å². The van der Waals surface area contributed by atoms with E-state index in [-0.39, 0.29) is 0 Å². The SMILES string of the molecule is N[C@@H]1C[C@H]1c1ccc(-c2ccc3c(c2)[nH]c2ccccc23)nc1. The van der Waals surface area contributed by atoms with Crippen LogP contribution in [0.2, 0.25) is 0 Å². The van der Waals surface area contributed by atoms with Gasteiger partial charge in [0.25, 0.3) is 0 Å². The Kier molecular flexibility index (Phi) is 2.61. The first-order valence-electron chi connectivity index (χ1n) is 8.02. The van der Waals surface area contributed by atoms with Gasteiger partial charge in [-0.2, -0.15) is 0 Å². The summed E-state index contributed by atoms with van der Waals surface area (Å²) in [5, 5.41) is 2.52. The molecule has 3 nitrogen and oxygen atoms in total. The van der Waals surface area contributed by atoms with Crippen molar-refractivity contribution in [3.63, 3.8) is 0 Å². The predicted octanol–water partition coefficient (Wildman–Crippen LogP) is 4.20. The molecule has 3 heteroatoms. The fourth-order valence-corrected chi connectivity index (χ4v) is 3.41. The molecule has 0 amide bonds. The van der Waals surface area contributed by atoms with Crippen LogP contribution in [0.25, 0.3) is 33.1 Å². The molecule has 0 saturated heterocycles. The average Bonchev–Trinajstić information content (AvgIpc) is 3.21. The van der Waals surface area contributed by atoms with E-state index < -0.39 is 0 Å². The number of nitrogens with two attached hydrogens (primary N) is 1. The lowest BCUT2D eigenvalue weighted by atomic mass is 10.1. The number of aromatic amines is 1. The van der Waals surface area contributed by atoms with Crippen LogP contribution in [-0.2, 0) is 0 Å². The lowest BCUT2D eigenvalue weighted by Gasteiger charge is -2.03. The number of hydrogen-bond acceptors (Lipinski definition) is 2. The topological polar surface area (TPSA) is 54.7 Å². The van der Waals surface area contributed by atoms with Crippen LogP contribution in [0.1, 0.15) is 17.9 Å². The Balaban J connectivity index is 1.58. The molecule has 2 aromatic carbocycles. The van der Waals surface area contributed by atoms with Crippen molar-refractivity contribution in [1.82, 2.24) is 9.97 Å². The van der Waals surface area contributed by atoms with Gasteiger partial charge in [0.05, 0.1) is 5.69 Å². The highest BCUT2D eigenvalue weighted by atomic mass is 14.8. The third kappa shape index (κ3) is 2.05. The van der Waals surface area contributed by atoms with E-state index in [0.717, 1.165) is 23.2 Å². The molecular formula is C20H17N3. The lowest BCUT2D eigenvalue weighted by Crippen LogP contribution is -2.01. The first-order chi connectivity index (χ1) is 11.3. The summed E-state index contributed by atoms with van der Waals surface area (Å²) < 4.78 is 0. The van der Waals surface area contributed by atoms with Crippen LogP contribution in [-0.4, -0.2) is 16.0 Å². The monoisotopic (exact) mass is 299 g/mol. The number of pyridine rings is 1. The summed E-state index contributed by atoms with van der Waals surface area (Å²) in [6.45, 7) is 0. The highest BCUT2D eigenvalue weighted by Crippen LogP contribution is 2.39. The van der Waals surface area contributed by atoms with Gasteiger partial charge in [-0.3, -0.25) is 4.98 Å². The first kappa shape index (κ1) is 12.9. The van der Waals surface area contributed by atoms with E-state index in [9.17, 15) is 0 Å². The summed E-state index contributed by atoms with van der Waals surface area (Å²) in [6, 6.07) is 19.5. The van der Waals surface area contributed by atoms with Gasteiger partial charge >= 0.3 is 0 Å². The third-order valence-electron chi connectivity index (χ3n) is 4.86. The van der Waals surface area contributed by atoms with E-state index >= 15 is 0 Å². The van der Waals surface area contributed by atoms with Crippen LogP contribution in [0.4, 0.5) is 0 Å². The summed E-state index contributed by atoms with van der Waals surface area (Å²) >= 11 is 0. The van der Waals surface area contributed by atoms with Crippen LogP contribution in [0.5, 0.6) is 0 Å². The Morgan fingerprint density at radius 1 is 0.957 bits per heavy atom. The molecule has 112 valence electrons. The van der Waals surface area contributed by atoms with Crippen molar-refractivity contribution in [2.45, 2.75) is 18.4 Å². The molecule has 1 fully saturated rings. The Labute approximate surface area is 134 Å². The molecule has 23 heavy (non-hydrogen) atoms. The van der Waals surface area contributed by atoms with Gasteiger partial charge in [0.1, 0.15) is 0 Å². The largest absolute Gasteiger partial charge is 0.354 e. The van der Waals surface area contributed by atoms with Gasteiger partial charge in [0.15, 0.2) is 0 Å². The zero-order valence-electron chi connectivity index (χ0n) is 12.7. The molecule has 4 aromatic rings. The normalized spacial score (nSPS) is 20.2. The fourth-order valence-electron chi connectivity index (χ4n) is 3.41. The van der Waals surface area contributed by atoms with E-state index in [1.807, 2.05) is 6.20 Å². The van der Waals surface area contributed by atoms with Crippen molar-refractivity contribution >= 4 is 21.8 Å². The number of para-hydroxylation sites is 1. The van der Waals surface area contributed by atoms with Gasteiger partial charge in [-0.05, 0) is 30.2 Å². The summed E-state index contributed by atoms with van der Waals surface area (Å²) in [6.07, 6.45) is 3.06. The molecule has 0 spiro atoms. The summed E-state index contributed by atoms with van der Waals surface area (Å²) in [7, 11) is 0. The molecule has 5 rings (SSSR count). The number of aromatic nitrogens is 2. The quantitative estimate of drug-likeness (QED) is 0.583. The number of H-pyrrole nitrogens is 1. The van der Waals surface area contributed by atoms with Crippen LogP contribution in [0.3, 0.4) is 0 Å². The Bertz CT molecular complexity index is 1010. The van der Waals surface area contributed by atoms with Crippen molar-refractivity contribution in [2.24, 2.45) is 5.73 Å². The second-order valence-electron chi connectivity index (χ2n) is 6.41. The summed E-state index contributed by atoms with van der Waals surface area (Å²) in [5.41, 5.74) is 11.6. The van der Waals surface area contributed by atoms with Crippen LogP contribution < -0.4 is 5.73 Å². The Morgan fingerprint density at radius 3 is 2.57 bits per heavy atom. The van der Waals surface area contributed by atoms with Crippen molar-refractivity contribution in [3.05, 3.63) is 66.4 Å². The van der Waals surface area contributed by atoms with Crippen LogP contribution in [0.15, 0.2) is 60.8 Å². The number of benzene rings is 2. The zero-order valence-corrected chi connectivity index (χ0v) is 12.7. The maximum atomic E-state index is 5.91. The second kappa shape index (κ2) is 4.67. The molecule has 0 bridgehead atoms. The summed E-state index contributed by atoms with van der Waals surface area (Å²) in [5.74, 6) is 0.507. The second-order valence-corrected chi connectivity index (χ2v) is 6.41. The maximum Gasteiger partial charge on any atom is 0.0702 e. The smallest absolute Gasteiger partial charge is 0.0702 e. The van der Waals surface area contributed by atoms with Gasteiger partial charge < -0.3 is 10.7 Å². The van der Waals surface area contributed by atoms with E-state index in [1.54, 1.807) is 0 Å². The number of nitrogens with one attached hydrogen (secondary N) is 1. The Morgan fingerprint density at radius 2 is 1.78 bits per heavy atom. The molecule has 3 N–H and O–H groups in total. The first-order valence-corrected chi connectivity index (χ1v) is 8.02. The standard InChI is InChI=1S/C20H17N3/c21-17-10-16(17)13-6-8-18(22-11-13)12-5-7-15-14-3-1-2-4-19(14)23-20(15)9-12/h1-9,11,16-17,23H,10,21H2/t16-,17+/m0/s1. The highest BCUT2D eigenvalue weighted by Gasteiger charge is 2.34. The highest BCUT2D eigenvalue weighted by molar-refractivity contribution is 6.08. The van der Waals surface area contributed by atoms with Crippen molar-refractivity contribution in [3.8, 4) is 11.3 Å². The zero-order chi connectivity index (χ0) is 15.4. The Hall–Kier alpha value is -2.65. The minimum absolute atomic E-state index is 0.324. The van der Waals surface area contributed by atoms with Crippen molar-refractivity contribution < 1.29 is 0 Å². The molecule has 0 radical (unpaired) electrons.